The van der Waals surface area contributed by atoms with Crippen molar-refractivity contribution in [2.75, 3.05) is 19.7 Å². The molecule has 1 heterocycles. The van der Waals surface area contributed by atoms with E-state index in [0.717, 1.165) is 5.56 Å². The van der Waals surface area contributed by atoms with E-state index in [0.29, 0.717) is 13.2 Å². The summed E-state index contributed by atoms with van der Waals surface area (Å²) < 4.78 is 16.4. The van der Waals surface area contributed by atoms with Gasteiger partial charge < -0.3 is 24.4 Å². The summed E-state index contributed by atoms with van der Waals surface area (Å²) in [4.78, 5) is 26.0. The highest BCUT2D eigenvalue weighted by molar-refractivity contribution is 5.70. The number of nitrogens with zero attached hydrogens (tertiary/aromatic N) is 1. The van der Waals surface area contributed by atoms with Crippen molar-refractivity contribution in [3.63, 3.8) is 0 Å². The normalized spacial score (nSPS) is 19.4. The Hall–Kier alpha value is -2.54. The molecule has 1 aliphatic heterocycles. The van der Waals surface area contributed by atoms with Crippen LogP contribution in [0.1, 0.15) is 26.3 Å². The molecule has 148 valence electrons. The third kappa shape index (κ3) is 6.94. The molecular weight excluding hydrogens is 348 g/mol. The second kappa shape index (κ2) is 9.41. The Kier molecular flexibility index (Phi) is 7.24. The van der Waals surface area contributed by atoms with E-state index in [9.17, 15) is 9.59 Å². The van der Waals surface area contributed by atoms with Gasteiger partial charge in [0.25, 0.3) is 0 Å². The first-order valence-electron chi connectivity index (χ1n) is 8.96. The summed E-state index contributed by atoms with van der Waals surface area (Å²) in [5.41, 5.74) is 0.309. The maximum Gasteiger partial charge on any atom is 0.410 e. The quantitative estimate of drug-likeness (QED) is 0.772. The minimum Gasteiger partial charge on any atom is -0.445 e. The first kappa shape index (κ1) is 20.8. The molecule has 2 atom stereocenters. The van der Waals surface area contributed by atoms with Gasteiger partial charge in [0, 0.05) is 6.54 Å². The topological polar surface area (TPSA) is 77.1 Å². The van der Waals surface area contributed by atoms with E-state index in [4.69, 9.17) is 14.2 Å². The van der Waals surface area contributed by atoms with Gasteiger partial charge in [-0.2, -0.15) is 0 Å². The van der Waals surface area contributed by atoms with Crippen LogP contribution in [-0.2, 0) is 20.8 Å². The van der Waals surface area contributed by atoms with E-state index < -0.39 is 17.8 Å². The third-order valence-electron chi connectivity index (χ3n) is 3.86. The Morgan fingerprint density at radius 3 is 2.59 bits per heavy atom. The lowest BCUT2D eigenvalue weighted by Crippen LogP contribution is -2.44. The molecule has 7 heteroatoms. The van der Waals surface area contributed by atoms with Gasteiger partial charge in [0.15, 0.2) is 0 Å². The summed E-state index contributed by atoms with van der Waals surface area (Å²) in [7, 11) is 0. The summed E-state index contributed by atoms with van der Waals surface area (Å²) in [6.07, 6.45) is 0.277. The number of amides is 2. The molecule has 0 aromatic heterocycles. The zero-order valence-corrected chi connectivity index (χ0v) is 16.1. The smallest absolute Gasteiger partial charge is 0.410 e. The summed E-state index contributed by atoms with van der Waals surface area (Å²) in [6.45, 7) is 10.2. The predicted molar refractivity (Wildman–Crippen MR) is 101 cm³/mol. The van der Waals surface area contributed by atoms with Crippen molar-refractivity contribution in [2.24, 2.45) is 0 Å². The first-order chi connectivity index (χ1) is 12.8. The Morgan fingerprint density at radius 1 is 1.26 bits per heavy atom. The Balaban J connectivity index is 1.91. The van der Waals surface area contributed by atoms with Gasteiger partial charge in [-0.15, -0.1) is 6.58 Å². The van der Waals surface area contributed by atoms with Crippen molar-refractivity contribution >= 4 is 12.2 Å². The molecule has 1 aromatic rings. The molecule has 27 heavy (non-hydrogen) atoms. The highest BCUT2D eigenvalue weighted by Crippen LogP contribution is 2.18. The van der Waals surface area contributed by atoms with E-state index in [1.165, 1.54) is 4.90 Å². The standard InChI is InChI=1S/C20H28N2O5/c1-5-11-25-17-13-22(19(24)27-20(2,3)4)12-16(17)21-18(23)26-14-15-9-7-6-8-10-15/h5-10,16-17H,1,11-14H2,2-4H3,(H,21,23)/t16-,17-/m1/s1. The third-order valence-corrected chi connectivity index (χ3v) is 3.86. The summed E-state index contributed by atoms with van der Waals surface area (Å²) >= 11 is 0. The van der Waals surface area contributed by atoms with E-state index in [1.807, 2.05) is 51.1 Å². The zero-order chi connectivity index (χ0) is 19.9. The van der Waals surface area contributed by atoms with Crippen LogP contribution < -0.4 is 5.32 Å². The van der Waals surface area contributed by atoms with Crippen LogP contribution in [0.5, 0.6) is 0 Å². The molecule has 0 radical (unpaired) electrons. The number of nitrogens with one attached hydrogen (secondary N) is 1. The Morgan fingerprint density at radius 2 is 1.96 bits per heavy atom. The molecule has 1 N–H and O–H groups in total. The fourth-order valence-electron chi connectivity index (χ4n) is 2.66. The van der Waals surface area contributed by atoms with Gasteiger partial charge in [-0.05, 0) is 26.3 Å². The predicted octanol–water partition coefficient (Wildman–Crippen LogP) is 3.10. The molecule has 0 bridgehead atoms. The van der Waals surface area contributed by atoms with E-state index >= 15 is 0 Å². The van der Waals surface area contributed by atoms with Crippen molar-refractivity contribution in [1.82, 2.24) is 10.2 Å². The average Bonchev–Trinajstić information content (AvgIpc) is 3.00. The molecule has 7 nitrogen and oxygen atoms in total. The summed E-state index contributed by atoms with van der Waals surface area (Å²) in [5.74, 6) is 0. The molecule has 2 rings (SSSR count). The molecule has 0 spiro atoms. The van der Waals surface area contributed by atoms with Gasteiger partial charge >= 0.3 is 12.2 Å². The van der Waals surface area contributed by atoms with E-state index in [-0.39, 0.29) is 25.3 Å². The van der Waals surface area contributed by atoms with Crippen LogP contribution >= 0.6 is 0 Å². The van der Waals surface area contributed by atoms with Crippen molar-refractivity contribution < 1.29 is 23.8 Å². The maximum atomic E-state index is 12.3. The van der Waals surface area contributed by atoms with Crippen LogP contribution in [0, 0.1) is 0 Å². The molecule has 1 fully saturated rings. The van der Waals surface area contributed by atoms with Gasteiger partial charge in [-0.3, -0.25) is 0 Å². The second-order valence-corrected chi connectivity index (χ2v) is 7.36. The molecule has 0 saturated carbocycles. The summed E-state index contributed by atoms with van der Waals surface area (Å²) in [5, 5.41) is 2.79. The zero-order valence-electron chi connectivity index (χ0n) is 16.1. The van der Waals surface area contributed by atoms with Gasteiger partial charge in [0.05, 0.1) is 25.3 Å². The molecule has 2 amide bonds. The average molecular weight is 376 g/mol. The molecule has 0 aliphatic carbocycles. The number of hydrogen-bond donors (Lipinski definition) is 1. The molecule has 0 unspecified atom stereocenters. The lowest BCUT2D eigenvalue weighted by molar-refractivity contribution is 0.0231. The van der Waals surface area contributed by atoms with Gasteiger partial charge in [-0.25, -0.2) is 9.59 Å². The van der Waals surface area contributed by atoms with Gasteiger partial charge in [0.1, 0.15) is 12.2 Å². The Bertz CT molecular complexity index is 642. The van der Waals surface area contributed by atoms with Gasteiger partial charge in [-0.1, -0.05) is 36.4 Å². The van der Waals surface area contributed by atoms with Crippen molar-refractivity contribution in [3.05, 3.63) is 48.6 Å². The molecule has 1 aliphatic rings. The fourth-order valence-corrected chi connectivity index (χ4v) is 2.66. The van der Waals surface area contributed by atoms with Gasteiger partial charge in [0.2, 0.25) is 0 Å². The van der Waals surface area contributed by atoms with Crippen LogP contribution in [-0.4, -0.2) is 54.5 Å². The fraction of sp³-hybridized carbons (Fsp3) is 0.500. The number of benzene rings is 1. The van der Waals surface area contributed by atoms with Crippen LogP contribution in [0.15, 0.2) is 43.0 Å². The lowest BCUT2D eigenvalue weighted by Gasteiger charge is -2.24. The van der Waals surface area contributed by atoms with Crippen LogP contribution in [0.2, 0.25) is 0 Å². The van der Waals surface area contributed by atoms with E-state index in [2.05, 4.69) is 11.9 Å². The number of carbonyl (C=O) groups excluding carboxylic acids is 2. The number of ether oxygens (including phenoxy) is 3. The molecule has 1 aromatic carbocycles. The first-order valence-corrected chi connectivity index (χ1v) is 8.96. The highest BCUT2D eigenvalue weighted by atomic mass is 16.6. The number of alkyl carbamates (subject to hydrolysis) is 1. The largest absolute Gasteiger partial charge is 0.445 e. The van der Waals surface area contributed by atoms with Crippen LogP contribution in [0.3, 0.4) is 0 Å². The number of hydrogen-bond acceptors (Lipinski definition) is 5. The van der Waals surface area contributed by atoms with Crippen LogP contribution in [0.4, 0.5) is 9.59 Å². The SMILES string of the molecule is C=CCO[C@@H]1CN(C(=O)OC(C)(C)C)C[C@H]1NC(=O)OCc1ccccc1. The maximum absolute atomic E-state index is 12.3. The Labute approximate surface area is 160 Å². The minimum absolute atomic E-state index is 0.174. The minimum atomic E-state index is -0.589. The molecular formula is C20H28N2O5. The monoisotopic (exact) mass is 376 g/mol. The van der Waals surface area contributed by atoms with E-state index in [1.54, 1.807) is 6.08 Å². The second-order valence-electron chi connectivity index (χ2n) is 7.36. The van der Waals surface area contributed by atoms with Crippen molar-refractivity contribution in [2.45, 2.75) is 45.1 Å². The summed E-state index contributed by atoms with van der Waals surface area (Å²) in [6, 6.07) is 9.03. The molecule has 1 saturated heterocycles. The van der Waals surface area contributed by atoms with Crippen molar-refractivity contribution in [3.8, 4) is 0 Å². The van der Waals surface area contributed by atoms with Crippen LogP contribution in [0.25, 0.3) is 0 Å². The number of likely N-dealkylation sites (tertiary alicyclic amines) is 1. The lowest BCUT2D eigenvalue weighted by atomic mass is 10.2. The number of carbonyl (C=O) groups is 2. The number of rotatable bonds is 6. The highest BCUT2D eigenvalue weighted by Gasteiger charge is 2.38. The van der Waals surface area contributed by atoms with Crippen molar-refractivity contribution in [1.29, 1.82) is 0 Å².